The number of ether oxygens (including phenoxy) is 1. The standard InChI is InChI=1S/C16H23BrN2O2/c1-3-19-11-9-16(10-12-19,15(20)21-4-2)18-14-8-6-5-7-13(14)17/h5-8,18H,3-4,9-12H2,1-2H3. The molecule has 0 unspecified atom stereocenters. The summed E-state index contributed by atoms with van der Waals surface area (Å²) in [5.74, 6) is -0.142. The highest BCUT2D eigenvalue weighted by Gasteiger charge is 2.42. The molecule has 116 valence electrons. The first-order chi connectivity index (χ1) is 10.1. The van der Waals surface area contributed by atoms with Crippen LogP contribution in [0.25, 0.3) is 0 Å². The molecular weight excluding hydrogens is 332 g/mol. The zero-order chi connectivity index (χ0) is 15.3. The van der Waals surface area contributed by atoms with Gasteiger partial charge in [0.1, 0.15) is 5.54 Å². The topological polar surface area (TPSA) is 41.6 Å². The number of benzene rings is 1. The van der Waals surface area contributed by atoms with Gasteiger partial charge in [0.2, 0.25) is 0 Å². The Morgan fingerprint density at radius 1 is 1.33 bits per heavy atom. The van der Waals surface area contributed by atoms with Crippen LogP contribution < -0.4 is 5.32 Å². The van der Waals surface area contributed by atoms with Crippen LogP contribution in [-0.4, -0.2) is 42.6 Å². The van der Waals surface area contributed by atoms with Crippen molar-refractivity contribution in [1.29, 1.82) is 0 Å². The van der Waals surface area contributed by atoms with E-state index in [2.05, 4.69) is 33.1 Å². The molecule has 0 spiro atoms. The molecule has 0 saturated carbocycles. The van der Waals surface area contributed by atoms with Gasteiger partial charge in [0.15, 0.2) is 0 Å². The minimum absolute atomic E-state index is 0.142. The minimum Gasteiger partial charge on any atom is -0.464 e. The van der Waals surface area contributed by atoms with E-state index in [1.807, 2.05) is 31.2 Å². The molecule has 5 heteroatoms. The molecule has 0 bridgehead atoms. The number of hydrogen-bond donors (Lipinski definition) is 1. The molecule has 0 atom stereocenters. The number of piperidine rings is 1. The molecular formula is C16H23BrN2O2. The maximum absolute atomic E-state index is 12.5. The molecule has 2 rings (SSSR count). The van der Waals surface area contributed by atoms with Crippen molar-refractivity contribution in [2.75, 3.05) is 31.6 Å². The normalized spacial score (nSPS) is 18.2. The molecule has 1 N–H and O–H groups in total. The van der Waals surface area contributed by atoms with E-state index >= 15 is 0 Å². The highest BCUT2D eigenvalue weighted by atomic mass is 79.9. The van der Waals surface area contributed by atoms with Gasteiger partial charge in [-0.1, -0.05) is 19.1 Å². The van der Waals surface area contributed by atoms with Gasteiger partial charge in [0.25, 0.3) is 0 Å². The van der Waals surface area contributed by atoms with Gasteiger partial charge in [-0.15, -0.1) is 0 Å². The number of rotatable bonds is 5. The van der Waals surface area contributed by atoms with E-state index in [0.717, 1.165) is 42.6 Å². The van der Waals surface area contributed by atoms with Crippen molar-refractivity contribution in [2.45, 2.75) is 32.2 Å². The van der Waals surface area contributed by atoms with Crippen LogP contribution in [0, 0.1) is 0 Å². The quantitative estimate of drug-likeness (QED) is 0.823. The minimum atomic E-state index is -0.619. The van der Waals surface area contributed by atoms with Crippen molar-refractivity contribution in [3.63, 3.8) is 0 Å². The van der Waals surface area contributed by atoms with Gasteiger partial charge in [-0.3, -0.25) is 0 Å². The van der Waals surface area contributed by atoms with Crippen LogP contribution in [0.4, 0.5) is 5.69 Å². The number of para-hydroxylation sites is 1. The first kappa shape index (κ1) is 16.3. The van der Waals surface area contributed by atoms with E-state index in [1.54, 1.807) is 0 Å². The molecule has 1 aliphatic rings. The van der Waals surface area contributed by atoms with Crippen LogP contribution in [0.2, 0.25) is 0 Å². The molecule has 1 fully saturated rings. The maximum atomic E-state index is 12.5. The average Bonchev–Trinajstić information content (AvgIpc) is 2.50. The Bertz CT molecular complexity index is 485. The number of halogens is 1. The third-order valence-electron chi connectivity index (χ3n) is 4.07. The van der Waals surface area contributed by atoms with Crippen LogP contribution >= 0.6 is 15.9 Å². The Labute approximate surface area is 135 Å². The molecule has 1 aromatic rings. The SMILES string of the molecule is CCOC(=O)C1(Nc2ccccc2Br)CCN(CC)CC1. The molecule has 0 aromatic heterocycles. The Hall–Kier alpha value is -1.07. The lowest BCUT2D eigenvalue weighted by Crippen LogP contribution is -2.55. The lowest BCUT2D eigenvalue weighted by molar-refractivity contribution is -0.150. The Morgan fingerprint density at radius 3 is 2.57 bits per heavy atom. The highest BCUT2D eigenvalue weighted by molar-refractivity contribution is 9.10. The number of hydrogen-bond acceptors (Lipinski definition) is 4. The second-order valence-electron chi connectivity index (χ2n) is 5.34. The fourth-order valence-corrected chi connectivity index (χ4v) is 3.10. The average molecular weight is 355 g/mol. The fourth-order valence-electron chi connectivity index (χ4n) is 2.72. The Kier molecular flexibility index (Phi) is 5.65. The van der Waals surface area contributed by atoms with Crippen molar-refractivity contribution in [3.05, 3.63) is 28.7 Å². The number of esters is 1. The van der Waals surface area contributed by atoms with Crippen molar-refractivity contribution < 1.29 is 9.53 Å². The molecule has 1 aliphatic heterocycles. The van der Waals surface area contributed by atoms with E-state index in [4.69, 9.17) is 4.74 Å². The van der Waals surface area contributed by atoms with Crippen molar-refractivity contribution >= 4 is 27.6 Å². The van der Waals surface area contributed by atoms with Gasteiger partial charge in [0, 0.05) is 23.2 Å². The van der Waals surface area contributed by atoms with E-state index in [-0.39, 0.29) is 5.97 Å². The second-order valence-corrected chi connectivity index (χ2v) is 6.20. The zero-order valence-electron chi connectivity index (χ0n) is 12.7. The largest absolute Gasteiger partial charge is 0.464 e. The summed E-state index contributed by atoms with van der Waals surface area (Å²) in [5, 5.41) is 3.44. The fraction of sp³-hybridized carbons (Fsp3) is 0.562. The summed E-state index contributed by atoms with van der Waals surface area (Å²) in [6.07, 6.45) is 1.53. The summed E-state index contributed by atoms with van der Waals surface area (Å²) in [7, 11) is 0. The number of nitrogens with zero attached hydrogens (tertiary/aromatic N) is 1. The van der Waals surface area contributed by atoms with Crippen LogP contribution in [0.1, 0.15) is 26.7 Å². The first-order valence-electron chi connectivity index (χ1n) is 7.53. The Morgan fingerprint density at radius 2 is 2.00 bits per heavy atom. The summed E-state index contributed by atoms with van der Waals surface area (Å²) in [5.41, 5.74) is 0.321. The molecule has 21 heavy (non-hydrogen) atoms. The van der Waals surface area contributed by atoms with E-state index in [1.165, 1.54) is 0 Å². The van der Waals surface area contributed by atoms with E-state index < -0.39 is 5.54 Å². The number of likely N-dealkylation sites (tertiary alicyclic amines) is 1. The summed E-state index contributed by atoms with van der Waals surface area (Å²) in [4.78, 5) is 14.9. The van der Waals surface area contributed by atoms with Crippen LogP contribution in [0.5, 0.6) is 0 Å². The van der Waals surface area contributed by atoms with E-state index in [9.17, 15) is 4.79 Å². The third kappa shape index (κ3) is 3.77. The lowest BCUT2D eigenvalue weighted by Gasteiger charge is -2.40. The highest BCUT2D eigenvalue weighted by Crippen LogP contribution is 2.32. The Balaban J connectivity index is 2.21. The monoisotopic (exact) mass is 354 g/mol. The number of anilines is 1. The molecule has 4 nitrogen and oxygen atoms in total. The molecule has 0 amide bonds. The summed E-state index contributed by atoms with van der Waals surface area (Å²) in [6.45, 7) is 7.26. The summed E-state index contributed by atoms with van der Waals surface area (Å²) < 4.78 is 6.29. The number of carbonyl (C=O) groups excluding carboxylic acids is 1. The van der Waals surface area contributed by atoms with E-state index in [0.29, 0.717) is 6.61 Å². The van der Waals surface area contributed by atoms with Crippen molar-refractivity contribution in [1.82, 2.24) is 4.90 Å². The van der Waals surface area contributed by atoms with Crippen LogP contribution in [-0.2, 0) is 9.53 Å². The van der Waals surface area contributed by atoms with Gasteiger partial charge in [-0.2, -0.15) is 0 Å². The van der Waals surface area contributed by atoms with Gasteiger partial charge in [-0.05, 0) is 54.4 Å². The molecule has 1 saturated heterocycles. The molecule has 1 aromatic carbocycles. The zero-order valence-corrected chi connectivity index (χ0v) is 14.3. The van der Waals surface area contributed by atoms with Crippen LogP contribution in [0.3, 0.4) is 0 Å². The van der Waals surface area contributed by atoms with Gasteiger partial charge >= 0.3 is 5.97 Å². The summed E-state index contributed by atoms with van der Waals surface area (Å²) in [6, 6.07) is 7.89. The molecule has 1 heterocycles. The summed E-state index contributed by atoms with van der Waals surface area (Å²) >= 11 is 3.54. The van der Waals surface area contributed by atoms with Crippen LogP contribution in [0.15, 0.2) is 28.7 Å². The molecule has 0 radical (unpaired) electrons. The van der Waals surface area contributed by atoms with Gasteiger partial charge in [-0.25, -0.2) is 4.79 Å². The maximum Gasteiger partial charge on any atom is 0.331 e. The second kappa shape index (κ2) is 7.27. The number of carbonyl (C=O) groups is 1. The predicted molar refractivity (Wildman–Crippen MR) is 88.5 cm³/mol. The lowest BCUT2D eigenvalue weighted by atomic mass is 9.87. The van der Waals surface area contributed by atoms with Crippen molar-refractivity contribution in [3.8, 4) is 0 Å². The smallest absolute Gasteiger partial charge is 0.331 e. The first-order valence-corrected chi connectivity index (χ1v) is 8.33. The predicted octanol–water partition coefficient (Wildman–Crippen LogP) is 3.28. The third-order valence-corrected chi connectivity index (χ3v) is 4.76. The molecule has 0 aliphatic carbocycles. The van der Waals surface area contributed by atoms with Gasteiger partial charge in [0.05, 0.1) is 6.61 Å². The van der Waals surface area contributed by atoms with Gasteiger partial charge < -0.3 is 15.0 Å². The van der Waals surface area contributed by atoms with Crippen molar-refractivity contribution in [2.24, 2.45) is 0 Å². The number of nitrogens with one attached hydrogen (secondary N) is 1.